The number of nitrogens with two attached hydrogens (primary N) is 1. The van der Waals surface area contributed by atoms with E-state index in [9.17, 15) is 18.3 Å². The minimum atomic E-state index is -4.02. The van der Waals surface area contributed by atoms with Crippen LogP contribution >= 0.6 is 0 Å². The maximum absolute atomic E-state index is 11.8. The van der Waals surface area contributed by atoms with Crippen molar-refractivity contribution < 1.29 is 27.6 Å². The standard InChI is InChI=1S/C17H19NO3.C7H8O3S/c18-15(11-13-7-3-1-4-8-13)16(19)17(20)21-12-14-9-5-2-6-10-14;1-6-2-4-7(5-3-6)11(8,9)10/h1-10,15-16,19H,11-12,18H2;2-5H,1H3,(H,8,9,10)/t15-,16+;/m1./s1. The van der Waals surface area contributed by atoms with E-state index in [-0.39, 0.29) is 11.5 Å². The zero-order valence-electron chi connectivity index (χ0n) is 17.7. The molecule has 3 aromatic carbocycles. The largest absolute Gasteiger partial charge is 0.459 e. The lowest BCUT2D eigenvalue weighted by molar-refractivity contribution is -0.156. The van der Waals surface area contributed by atoms with Crippen LogP contribution in [0, 0.1) is 6.92 Å². The first kappa shape index (κ1) is 25.2. The van der Waals surface area contributed by atoms with Crippen LogP contribution in [-0.2, 0) is 32.7 Å². The number of hydrogen-bond acceptors (Lipinski definition) is 6. The molecule has 0 bridgehead atoms. The van der Waals surface area contributed by atoms with Crippen LogP contribution in [0.3, 0.4) is 0 Å². The van der Waals surface area contributed by atoms with Gasteiger partial charge in [-0.25, -0.2) is 4.79 Å². The van der Waals surface area contributed by atoms with Crippen molar-refractivity contribution in [3.63, 3.8) is 0 Å². The Morgan fingerprint density at radius 2 is 1.41 bits per heavy atom. The maximum atomic E-state index is 11.8. The molecule has 2 atom stereocenters. The van der Waals surface area contributed by atoms with Crippen LogP contribution in [0.25, 0.3) is 0 Å². The molecule has 4 N–H and O–H groups in total. The number of aliphatic hydroxyl groups excluding tert-OH is 1. The molecule has 7 nitrogen and oxygen atoms in total. The number of aliphatic hydroxyl groups is 1. The van der Waals surface area contributed by atoms with Crippen LogP contribution in [-0.4, -0.2) is 36.2 Å². The van der Waals surface area contributed by atoms with Crippen molar-refractivity contribution in [1.29, 1.82) is 0 Å². The van der Waals surface area contributed by atoms with E-state index in [2.05, 4.69) is 0 Å². The van der Waals surface area contributed by atoms with Gasteiger partial charge in [0.2, 0.25) is 0 Å². The van der Waals surface area contributed by atoms with Crippen LogP contribution < -0.4 is 5.73 Å². The molecule has 170 valence electrons. The predicted molar refractivity (Wildman–Crippen MR) is 121 cm³/mol. The Balaban J connectivity index is 0.000000278. The lowest BCUT2D eigenvalue weighted by Crippen LogP contribution is -2.42. The van der Waals surface area contributed by atoms with Gasteiger partial charge in [0.15, 0.2) is 6.10 Å². The molecule has 0 fully saturated rings. The van der Waals surface area contributed by atoms with E-state index in [1.165, 1.54) is 12.1 Å². The van der Waals surface area contributed by atoms with Crippen LogP contribution in [0.15, 0.2) is 89.8 Å². The summed E-state index contributed by atoms with van der Waals surface area (Å²) >= 11 is 0. The number of esters is 1. The first-order valence-corrected chi connectivity index (χ1v) is 11.3. The number of aryl methyl sites for hydroxylation is 1. The molecule has 0 spiro atoms. The molecule has 8 heteroatoms. The van der Waals surface area contributed by atoms with E-state index in [0.717, 1.165) is 16.7 Å². The summed E-state index contributed by atoms with van der Waals surface area (Å²) in [5.74, 6) is -0.692. The third-order valence-electron chi connectivity index (χ3n) is 4.50. The normalized spacial score (nSPS) is 12.8. The number of hydrogen-bond donors (Lipinski definition) is 3. The van der Waals surface area contributed by atoms with Gasteiger partial charge in [-0.3, -0.25) is 4.55 Å². The van der Waals surface area contributed by atoms with Gasteiger partial charge in [-0.1, -0.05) is 78.4 Å². The molecular weight excluding hydrogens is 430 g/mol. The molecule has 0 heterocycles. The quantitative estimate of drug-likeness (QED) is 0.368. The predicted octanol–water partition coefficient (Wildman–Crippen LogP) is 2.90. The van der Waals surface area contributed by atoms with E-state index in [1.54, 1.807) is 12.1 Å². The van der Waals surface area contributed by atoms with Gasteiger partial charge in [-0.2, -0.15) is 8.42 Å². The molecule has 0 amide bonds. The Labute approximate surface area is 188 Å². The summed E-state index contributed by atoms with van der Waals surface area (Å²) in [5.41, 5.74) is 8.67. The van der Waals surface area contributed by atoms with Gasteiger partial charge in [-0.05, 0) is 36.6 Å². The molecular formula is C24H27NO6S. The minimum Gasteiger partial charge on any atom is -0.459 e. The van der Waals surface area contributed by atoms with E-state index in [0.29, 0.717) is 6.42 Å². The van der Waals surface area contributed by atoms with Crippen LogP contribution in [0.2, 0.25) is 0 Å². The summed E-state index contributed by atoms with van der Waals surface area (Å²) < 4.78 is 34.6. The van der Waals surface area contributed by atoms with E-state index < -0.39 is 28.2 Å². The highest BCUT2D eigenvalue weighted by Gasteiger charge is 2.24. The topological polar surface area (TPSA) is 127 Å². The Kier molecular flexibility index (Phi) is 9.55. The summed E-state index contributed by atoms with van der Waals surface area (Å²) in [6.07, 6.45) is -0.906. The van der Waals surface area contributed by atoms with E-state index in [1.807, 2.05) is 67.6 Å². The van der Waals surface area contributed by atoms with E-state index >= 15 is 0 Å². The van der Waals surface area contributed by atoms with Crippen LogP contribution in [0.5, 0.6) is 0 Å². The fourth-order valence-electron chi connectivity index (χ4n) is 2.70. The van der Waals surface area contributed by atoms with Crippen molar-refractivity contribution in [3.05, 3.63) is 102 Å². The molecule has 3 rings (SSSR count). The zero-order valence-corrected chi connectivity index (χ0v) is 18.5. The number of carbonyl (C=O) groups excluding carboxylic acids is 1. The SMILES string of the molecule is Cc1ccc(S(=O)(=O)O)cc1.N[C@H](Cc1ccccc1)[C@H](O)C(=O)OCc1ccccc1. The Morgan fingerprint density at radius 1 is 0.906 bits per heavy atom. The van der Waals surface area contributed by atoms with Crippen molar-refractivity contribution in [3.8, 4) is 0 Å². The van der Waals surface area contributed by atoms with Gasteiger partial charge in [0.1, 0.15) is 6.61 Å². The molecule has 0 radical (unpaired) electrons. The third kappa shape index (κ3) is 8.60. The molecule has 0 saturated carbocycles. The molecule has 3 aromatic rings. The second-order valence-electron chi connectivity index (χ2n) is 7.18. The summed E-state index contributed by atoms with van der Waals surface area (Å²) in [4.78, 5) is 11.7. The fourth-order valence-corrected chi connectivity index (χ4v) is 3.18. The summed E-state index contributed by atoms with van der Waals surface area (Å²) in [7, 11) is -4.02. The fraction of sp³-hybridized carbons (Fsp3) is 0.208. The number of carbonyl (C=O) groups is 1. The smallest absolute Gasteiger partial charge is 0.336 e. The highest BCUT2D eigenvalue weighted by Crippen LogP contribution is 2.09. The van der Waals surface area contributed by atoms with Gasteiger partial charge >= 0.3 is 5.97 Å². The van der Waals surface area contributed by atoms with Gasteiger partial charge < -0.3 is 15.6 Å². The monoisotopic (exact) mass is 457 g/mol. The van der Waals surface area contributed by atoms with Crippen molar-refractivity contribution in [2.24, 2.45) is 5.73 Å². The van der Waals surface area contributed by atoms with Crippen molar-refractivity contribution in [2.75, 3.05) is 0 Å². The second kappa shape index (κ2) is 12.1. The lowest BCUT2D eigenvalue weighted by Gasteiger charge is -2.17. The number of benzene rings is 3. The molecule has 0 aromatic heterocycles. The van der Waals surface area contributed by atoms with Gasteiger partial charge in [0.25, 0.3) is 10.1 Å². The molecule has 0 aliphatic rings. The first-order chi connectivity index (χ1) is 15.2. The molecule has 0 aliphatic heterocycles. The Hall–Kier alpha value is -3.04. The minimum absolute atomic E-state index is 0.0666. The highest BCUT2D eigenvalue weighted by atomic mass is 32.2. The van der Waals surface area contributed by atoms with Gasteiger partial charge in [0.05, 0.1) is 4.90 Å². The summed E-state index contributed by atoms with van der Waals surface area (Å²) in [6, 6.07) is 24.1. The third-order valence-corrected chi connectivity index (χ3v) is 5.37. The molecule has 32 heavy (non-hydrogen) atoms. The van der Waals surface area contributed by atoms with Crippen LogP contribution in [0.4, 0.5) is 0 Å². The van der Waals surface area contributed by atoms with Crippen molar-refractivity contribution >= 4 is 16.1 Å². The summed E-state index contributed by atoms with van der Waals surface area (Å²) in [6.45, 7) is 1.97. The lowest BCUT2D eigenvalue weighted by atomic mass is 10.0. The number of rotatable bonds is 7. The van der Waals surface area contributed by atoms with Crippen molar-refractivity contribution in [2.45, 2.75) is 37.0 Å². The first-order valence-electron chi connectivity index (χ1n) is 9.89. The zero-order chi connectivity index (χ0) is 23.6. The molecule has 0 saturated heterocycles. The van der Waals surface area contributed by atoms with Gasteiger partial charge in [0, 0.05) is 6.04 Å². The average Bonchev–Trinajstić information content (AvgIpc) is 2.78. The maximum Gasteiger partial charge on any atom is 0.336 e. The van der Waals surface area contributed by atoms with Gasteiger partial charge in [-0.15, -0.1) is 0 Å². The highest BCUT2D eigenvalue weighted by molar-refractivity contribution is 7.85. The van der Waals surface area contributed by atoms with Crippen LogP contribution in [0.1, 0.15) is 16.7 Å². The Bertz CT molecular complexity index is 1070. The second-order valence-corrected chi connectivity index (χ2v) is 8.60. The van der Waals surface area contributed by atoms with Crippen molar-refractivity contribution in [1.82, 2.24) is 0 Å². The average molecular weight is 458 g/mol. The van der Waals surface area contributed by atoms with E-state index in [4.69, 9.17) is 15.0 Å². The number of ether oxygens (including phenoxy) is 1. The summed E-state index contributed by atoms with van der Waals surface area (Å²) in [5, 5.41) is 9.93. The molecule has 0 aliphatic carbocycles. The Morgan fingerprint density at radius 3 is 1.91 bits per heavy atom. The molecule has 0 unspecified atom stereocenters.